The van der Waals surface area contributed by atoms with E-state index >= 15 is 0 Å². The number of carbonyl (C=O) groups excluding carboxylic acids is 1. The number of carbonyl (C=O) groups is 1. The van der Waals surface area contributed by atoms with Gasteiger partial charge in [0.25, 0.3) is 5.91 Å². The van der Waals surface area contributed by atoms with E-state index in [1.807, 2.05) is 42.1 Å². The summed E-state index contributed by atoms with van der Waals surface area (Å²) < 4.78 is 1.81. The first-order valence-electron chi connectivity index (χ1n) is 12.6. The second kappa shape index (κ2) is 11.1. The van der Waals surface area contributed by atoms with Crippen molar-refractivity contribution < 1.29 is 9.90 Å². The fourth-order valence-corrected chi connectivity index (χ4v) is 4.50. The molecule has 1 saturated heterocycles. The molecule has 5 rings (SSSR count). The van der Waals surface area contributed by atoms with Crippen LogP contribution >= 0.6 is 0 Å². The first-order valence-corrected chi connectivity index (χ1v) is 12.6. The highest BCUT2D eigenvalue weighted by Crippen LogP contribution is 2.27. The van der Waals surface area contributed by atoms with Gasteiger partial charge in [-0.3, -0.25) is 4.79 Å². The molecule has 3 aromatic carbocycles. The number of anilines is 6. The Balaban J connectivity index is 1.19. The molecule has 4 aromatic rings. The normalized spacial score (nSPS) is 13.6. The van der Waals surface area contributed by atoms with Crippen molar-refractivity contribution >= 4 is 40.0 Å². The average molecular weight is 507 g/mol. The Morgan fingerprint density at radius 3 is 2.11 bits per heavy atom. The molecule has 1 aliphatic heterocycles. The summed E-state index contributed by atoms with van der Waals surface area (Å²) in [6, 6.07) is 25.3. The fraction of sp³-hybridized carbons (Fsp3) is 0.200. The molecule has 1 fully saturated rings. The first-order chi connectivity index (χ1) is 18.5. The summed E-state index contributed by atoms with van der Waals surface area (Å²) in [5.74, 6) is -0.223. The van der Waals surface area contributed by atoms with Gasteiger partial charge in [-0.1, -0.05) is 0 Å². The van der Waals surface area contributed by atoms with Gasteiger partial charge in [0.2, 0.25) is 0 Å². The third-order valence-electron chi connectivity index (χ3n) is 6.64. The maximum atomic E-state index is 12.4. The number of aliphatic hydroxyl groups is 1. The van der Waals surface area contributed by atoms with Gasteiger partial charge >= 0.3 is 0 Å². The number of nitriles is 1. The molecule has 4 N–H and O–H groups in total. The van der Waals surface area contributed by atoms with Crippen LogP contribution in [-0.4, -0.2) is 34.8 Å². The van der Waals surface area contributed by atoms with Crippen molar-refractivity contribution in [3.8, 4) is 6.07 Å². The summed E-state index contributed by atoms with van der Waals surface area (Å²) in [7, 11) is 1.86. The third kappa shape index (κ3) is 5.97. The molecule has 0 unspecified atom stereocenters. The maximum absolute atomic E-state index is 12.4. The molecule has 38 heavy (non-hydrogen) atoms. The molecule has 0 spiro atoms. The molecule has 0 bridgehead atoms. The van der Waals surface area contributed by atoms with E-state index in [0.29, 0.717) is 22.5 Å². The molecule has 1 aromatic heterocycles. The second-order valence-corrected chi connectivity index (χ2v) is 9.48. The van der Waals surface area contributed by atoms with Crippen LogP contribution in [0.15, 0.2) is 85.2 Å². The van der Waals surface area contributed by atoms with Crippen molar-refractivity contribution in [3.05, 3.63) is 96.3 Å². The molecule has 1 amide bonds. The zero-order valence-electron chi connectivity index (χ0n) is 21.2. The standard InChI is InChI=1S/C30H30N6O2/c1-35-15-12-21(20-35)30(38)34-26-8-11-29(22(18-26)19-31)33-25-4-2-23(3-5-25)32-24-6-9-27(10-7-24)36-16-13-28(37)14-17-36/h2-12,15,18,20,28,32-33,37H,13-14,16-17H2,1H3,(H,34,38). The van der Waals surface area contributed by atoms with E-state index in [1.165, 1.54) is 5.69 Å². The Bertz CT molecular complexity index is 1450. The lowest BCUT2D eigenvalue weighted by molar-refractivity contribution is 0.102. The Morgan fingerprint density at radius 1 is 0.895 bits per heavy atom. The van der Waals surface area contributed by atoms with Crippen LogP contribution in [0.1, 0.15) is 28.8 Å². The van der Waals surface area contributed by atoms with E-state index in [2.05, 4.69) is 51.2 Å². The fourth-order valence-electron chi connectivity index (χ4n) is 4.50. The summed E-state index contributed by atoms with van der Waals surface area (Å²) in [4.78, 5) is 14.7. The first kappa shape index (κ1) is 24.9. The summed E-state index contributed by atoms with van der Waals surface area (Å²) in [6.45, 7) is 1.75. The monoisotopic (exact) mass is 506 g/mol. The van der Waals surface area contributed by atoms with Crippen LogP contribution in [0, 0.1) is 11.3 Å². The summed E-state index contributed by atoms with van der Waals surface area (Å²) in [5.41, 5.74) is 6.16. The minimum atomic E-state index is -0.223. The molecule has 0 atom stereocenters. The Hall–Kier alpha value is -4.74. The number of benzene rings is 3. The van der Waals surface area contributed by atoms with Crippen LogP contribution in [0.25, 0.3) is 0 Å². The van der Waals surface area contributed by atoms with Gasteiger partial charge in [0.15, 0.2) is 0 Å². The highest BCUT2D eigenvalue weighted by Gasteiger charge is 2.17. The van der Waals surface area contributed by atoms with Crippen molar-refractivity contribution in [1.29, 1.82) is 5.26 Å². The molecule has 1 aliphatic rings. The Morgan fingerprint density at radius 2 is 1.50 bits per heavy atom. The molecule has 192 valence electrons. The minimum absolute atomic E-state index is 0.178. The van der Waals surface area contributed by atoms with Gasteiger partial charge in [0, 0.05) is 61.0 Å². The smallest absolute Gasteiger partial charge is 0.257 e. The van der Waals surface area contributed by atoms with E-state index in [9.17, 15) is 15.2 Å². The van der Waals surface area contributed by atoms with Crippen LogP contribution in [-0.2, 0) is 7.05 Å². The lowest BCUT2D eigenvalue weighted by Crippen LogP contribution is -2.35. The Kier molecular flexibility index (Phi) is 7.29. The number of hydrogen-bond donors (Lipinski definition) is 4. The SMILES string of the molecule is Cn1ccc(C(=O)Nc2ccc(Nc3ccc(Nc4ccc(N5CCC(O)CC5)cc4)cc3)c(C#N)c2)c1. The minimum Gasteiger partial charge on any atom is -0.393 e. The van der Waals surface area contributed by atoms with E-state index in [-0.39, 0.29) is 12.0 Å². The van der Waals surface area contributed by atoms with Gasteiger partial charge < -0.3 is 30.5 Å². The van der Waals surface area contributed by atoms with Gasteiger partial charge in [0.1, 0.15) is 6.07 Å². The zero-order chi connectivity index (χ0) is 26.5. The number of aryl methyl sites for hydroxylation is 1. The van der Waals surface area contributed by atoms with Crippen LogP contribution in [0.4, 0.5) is 34.1 Å². The van der Waals surface area contributed by atoms with Crippen LogP contribution in [0.5, 0.6) is 0 Å². The summed E-state index contributed by atoms with van der Waals surface area (Å²) >= 11 is 0. The van der Waals surface area contributed by atoms with Crippen molar-refractivity contribution in [2.45, 2.75) is 18.9 Å². The molecule has 0 saturated carbocycles. The molecule has 8 nitrogen and oxygen atoms in total. The van der Waals surface area contributed by atoms with E-state index in [0.717, 1.165) is 43.0 Å². The van der Waals surface area contributed by atoms with Crippen molar-refractivity contribution in [2.75, 3.05) is 33.9 Å². The number of hydrogen-bond acceptors (Lipinski definition) is 6. The predicted octanol–water partition coefficient (Wildman–Crippen LogP) is 5.60. The highest BCUT2D eigenvalue weighted by atomic mass is 16.3. The Labute approximate surface area is 222 Å². The van der Waals surface area contributed by atoms with Crippen molar-refractivity contribution in [3.63, 3.8) is 0 Å². The number of piperidine rings is 1. The van der Waals surface area contributed by atoms with Gasteiger partial charge in [-0.2, -0.15) is 5.26 Å². The molecule has 0 aliphatic carbocycles. The number of rotatable bonds is 7. The topological polar surface area (TPSA) is 105 Å². The number of aliphatic hydroxyl groups excluding tert-OH is 1. The van der Waals surface area contributed by atoms with Gasteiger partial charge in [-0.05, 0) is 85.6 Å². The van der Waals surface area contributed by atoms with Gasteiger partial charge in [0.05, 0.1) is 22.9 Å². The molecule has 8 heteroatoms. The quantitative estimate of drug-likeness (QED) is 0.260. The number of nitrogens with one attached hydrogen (secondary N) is 3. The van der Waals surface area contributed by atoms with Crippen LogP contribution in [0.2, 0.25) is 0 Å². The average Bonchev–Trinajstić information content (AvgIpc) is 3.38. The second-order valence-electron chi connectivity index (χ2n) is 9.48. The maximum Gasteiger partial charge on any atom is 0.257 e. The third-order valence-corrected chi connectivity index (χ3v) is 6.64. The lowest BCUT2D eigenvalue weighted by Gasteiger charge is -2.31. The van der Waals surface area contributed by atoms with E-state index in [4.69, 9.17) is 0 Å². The highest BCUT2D eigenvalue weighted by molar-refractivity contribution is 6.04. The van der Waals surface area contributed by atoms with Gasteiger partial charge in [-0.25, -0.2) is 0 Å². The molecular formula is C30H30N6O2. The summed E-state index contributed by atoms with van der Waals surface area (Å²) in [6.07, 6.45) is 4.99. The van der Waals surface area contributed by atoms with Gasteiger partial charge in [-0.15, -0.1) is 0 Å². The number of amides is 1. The lowest BCUT2D eigenvalue weighted by atomic mass is 10.1. The number of nitrogens with zero attached hydrogens (tertiary/aromatic N) is 3. The summed E-state index contributed by atoms with van der Waals surface area (Å²) in [5, 5.41) is 28.9. The largest absolute Gasteiger partial charge is 0.393 e. The molecule has 2 heterocycles. The zero-order valence-corrected chi connectivity index (χ0v) is 21.2. The van der Waals surface area contributed by atoms with Crippen LogP contribution < -0.4 is 20.9 Å². The number of aromatic nitrogens is 1. The van der Waals surface area contributed by atoms with Crippen molar-refractivity contribution in [2.24, 2.45) is 7.05 Å². The molecular weight excluding hydrogens is 476 g/mol. The van der Waals surface area contributed by atoms with E-state index < -0.39 is 0 Å². The predicted molar refractivity (Wildman–Crippen MR) is 151 cm³/mol. The van der Waals surface area contributed by atoms with Crippen molar-refractivity contribution in [1.82, 2.24) is 4.57 Å². The molecule has 0 radical (unpaired) electrons. The van der Waals surface area contributed by atoms with Crippen LogP contribution in [0.3, 0.4) is 0 Å². The van der Waals surface area contributed by atoms with E-state index in [1.54, 1.807) is 30.5 Å².